The summed E-state index contributed by atoms with van der Waals surface area (Å²) >= 11 is 0. The van der Waals surface area contributed by atoms with Crippen molar-refractivity contribution in [1.29, 1.82) is 0 Å². The van der Waals surface area contributed by atoms with Gasteiger partial charge in [0, 0.05) is 32.7 Å². The van der Waals surface area contributed by atoms with Gasteiger partial charge in [-0.15, -0.1) is 0 Å². The average Bonchev–Trinajstić information content (AvgIpc) is 2.13. The zero-order valence-electron chi connectivity index (χ0n) is 10.7. The number of hydrogen-bond acceptors (Lipinski definition) is 3. The number of rotatable bonds is 8. The fraction of sp³-hybridized carbons (Fsp3) is 0.833. The van der Waals surface area contributed by atoms with Gasteiger partial charge in [-0.3, -0.25) is 4.90 Å². The van der Waals surface area contributed by atoms with Crippen LogP contribution in [0.2, 0.25) is 0 Å². The molecule has 3 nitrogen and oxygen atoms in total. The lowest BCUT2D eigenvalue weighted by Gasteiger charge is -2.24. The second-order valence-corrected chi connectivity index (χ2v) is 4.66. The van der Waals surface area contributed by atoms with Crippen LogP contribution in [0.25, 0.3) is 0 Å². The highest BCUT2D eigenvalue weighted by atomic mass is 15.2. The highest BCUT2D eigenvalue weighted by Gasteiger charge is 2.05. The van der Waals surface area contributed by atoms with Crippen LogP contribution < -0.4 is 5.73 Å². The van der Waals surface area contributed by atoms with Gasteiger partial charge in [0.2, 0.25) is 0 Å². The van der Waals surface area contributed by atoms with Crippen LogP contribution in [0.1, 0.15) is 13.8 Å². The van der Waals surface area contributed by atoms with Gasteiger partial charge in [0.25, 0.3) is 0 Å². The molecule has 0 bridgehead atoms. The molecule has 0 aliphatic rings. The number of nitrogens with zero attached hydrogens (tertiary/aromatic N) is 2. The smallest absolute Gasteiger partial charge is 0.0164 e. The quantitative estimate of drug-likeness (QED) is 0.611. The molecule has 3 heteroatoms. The van der Waals surface area contributed by atoms with Crippen LogP contribution in [0.15, 0.2) is 12.2 Å². The second kappa shape index (κ2) is 8.89. The van der Waals surface area contributed by atoms with Crippen molar-refractivity contribution in [2.24, 2.45) is 11.7 Å². The second-order valence-electron chi connectivity index (χ2n) is 4.66. The Hall–Kier alpha value is -0.380. The fourth-order valence-corrected chi connectivity index (χ4v) is 1.43. The standard InChI is InChI=1S/C12H27N3/c1-12(2)11-15(8-6-5-7-13)10-9-14(3)4/h5-6,12H,7-11,13H2,1-4H3. The normalized spacial score (nSPS) is 12.5. The average molecular weight is 213 g/mol. The maximum absolute atomic E-state index is 5.42. The topological polar surface area (TPSA) is 32.5 Å². The zero-order chi connectivity index (χ0) is 11.7. The molecule has 15 heavy (non-hydrogen) atoms. The lowest BCUT2D eigenvalue weighted by molar-refractivity contribution is 0.238. The third kappa shape index (κ3) is 9.91. The molecule has 0 atom stereocenters. The Morgan fingerprint density at radius 1 is 1.13 bits per heavy atom. The summed E-state index contributed by atoms with van der Waals surface area (Å²) in [5.74, 6) is 0.721. The van der Waals surface area contributed by atoms with Crippen LogP contribution in [0.4, 0.5) is 0 Å². The molecule has 0 radical (unpaired) electrons. The van der Waals surface area contributed by atoms with E-state index in [0.29, 0.717) is 6.54 Å². The maximum atomic E-state index is 5.42. The van der Waals surface area contributed by atoms with Crippen molar-refractivity contribution in [3.05, 3.63) is 12.2 Å². The Bertz CT molecular complexity index is 164. The Morgan fingerprint density at radius 3 is 2.27 bits per heavy atom. The van der Waals surface area contributed by atoms with Crippen LogP contribution in [-0.4, -0.2) is 56.6 Å². The molecule has 0 aliphatic heterocycles. The Morgan fingerprint density at radius 2 is 1.80 bits per heavy atom. The first kappa shape index (κ1) is 14.6. The number of nitrogens with two attached hydrogens (primary N) is 1. The van der Waals surface area contributed by atoms with Crippen molar-refractivity contribution in [1.82, 2.24) is 9.80 Å². The monoisotopic (exact) mass is 213 g/mol. The maximum Gasteiger partial charge on any atom is 0.0164 e. The summed E-state index contributed by atoms with van der Waals surface area (Å²) in [5.41, 5.74) is 5.42. The van der Waals surface area contributed by atoms with E-state index in [1.54, 1.807) is 0 Å². The van der Waals surface area contributed by atoms with Gasteiger partial charge < -0.3 is 10.6 Å². The molecule has 0 heterocycles. The fourth-order valence-electron chi connectivity index (χ4n) is 1.43. The molecule has 0 saturated heterocycles. The molecule has 2 N–H and O–H groups in total. The zero-order valence-corrected chi connectivity index (χ0v) is 10.7. The largest absolute Gasteiger partial charge is 0.327 e. The SMILES string of the molecule is CC(C)CN(CC=CCN)CCN(C)C. The van der Waals surface area contributed by atoms with E-state index in [9.17, 15) is 0 Å². The van der Waals surface area contributed by atoms with Crippen LogP contribution in [-0.2, 0) is 0 Å². The molecule has 0 spiro atoms. The van der Waals surface area contributed by atoms with Crippen LogP contribution in [0, 0.1) is 5.92 Å². The van der Waals surface area contributed by atoms with E-state index in [2.05, 4.69) is 43.8 Å². The van der Waals surface area contributed by atoms with Gasteiger partial charge in [0.05, 0.1) is 0 Å². The van der Waals surface area contributed by atoms with E-state index in [-0.39, 0.29) is 0 Å². The van der Waals surface area contributed by atoms with Gasteiger partial charge in [0.15, 0.2) is 0 Å². The van der Waals surface area contributed by atoms with Crippen molar-refractivity contribution in [3.63, 3.8) is 0 Å². The van der Waals surface area contributed by atoms with Gasteiger partial charge in [0.1, 0.15) is 0 Å². The molecule has 0 saturated carbocycles. The van der Waals surface area contributed by atoms with E-state index in [4.69, 9.17) is 5.73 Å². The summed E-state index contributed by atoms with van der Waals surface area (Å²) in [6, 6.07) is 0. The van der Waals surface area contributed by atoms with Crippen LogP contribution >= 0.6 is 0 Å². The predicted octanol–water partition coefficient (Wildman–Crippen LogP) is 1.02. The predicted molar refractivity (Wildman–Crippen MR) is 68.0 cm³/mol. The van der Waals surface area contributed by atoms with Crippen molar-refractivity contribution in [2.75, 3.05) is 46.8 Å². The molecular weight excluding hydrogens is 186 g/mol. The van der Waals surface area contributed by atoms with Crippen molar-refractivity contribution in [3.8, 4) is 0 Å². The van der Waals surface area contributed by atoms with Crippen molar-refractivity contribution < 1.29 is 0 Å². The molecule has 90 valence electrons. The first-order valence-electron chi connectivity index (χ1n) is 5.78. The summed E-state index contributed by atoms with van der Waals surface area (Å²) in [7, 11) is 4.23. The van der Waals surface area contributed by atoms with Gasteiger partial charge in [-0.05, 0) is 20.0 Å². The van der Waals surface area contributed by atoms with Gasteiger partial charge in [-0.25, -0.2) is 0 Å². The minimum atomic E-state index is 0.642. The Balaban J connectivity index is 3.89. The lowest BCUT2D eigenvalue weighted by atomic mass is 10.2. The van der Waals surface area contributed by atoms with E-state index in [1.165, 1.54) is 0 Å². The summed E-state index contributed by atoms with van der Waals surface area (Å²) in [6.07, 6.45) is 4.20. The molecule has 0 aromatic heterocycles. The minimum Gasteiger partial charge on any atom is -0.327 e. The van der Waals surface area contributed by atoms with Crippen LogP contribution in [0.3, 0.4) is 0 Å². The molecular formula is C12H27N3. The number of hydrogen-bond donors (Lipinski definition) is 1. The van der Waals surface area contributed by atoms with E-state index in [1.807, 2.05) is 6.08 Å². The summed E-state index contributed by atoms with van der Waals surface area (Å²) in [6.45, 7) is 9.57. The molecule has 0 amide bonds. The third-order valence-corrected chi connectivity index (χ3v) is 2.15. The molecule has 0 aromatic rings. The van der Waals surface area contributed by atoms with Gasteiger partial charge in [-0.1, -0.05) is 26.0 Å². The van der Waals surface area contributed by atoms with E-state index in [0.717, 1.165) is 32.1 Å². The Kier molecular flexibility index (Phi) is 8.67. The molecule has 0 rings (SSSR count). The van der Waals surface area contributed by atoms with Crippen LogP contribution in [0.5, 0.6) is 0 Å². The highest BCUT2D eigenvalue weighted by Crippen LogP contribution is 1.98. The molecule has 0 unspecified atom stereocenters. The minimum absolute atomic E-state index is 0.642. The first-order chi connectivity index (χ1) is 7.06. The number of likely N-dealkylation sites (N-methyl/N-ethyl adjacent to an activating group) is 1. The van der Waals surface area contributed by atoms with Gasteiger partial charge >= 0.3 is 0 Å². The third-order valence-electron chi connectivity index (χ3n) is 2.15. The Labute approximate surface area is 94.9 Å². The van der Waals surface area contributed by atoms with E-state index < -0.39 is 0 Å². The van der Waals surface area contributed by atoms with Gasteiger partial charge in [-0.2, -0.15) is 0 Å². The highest BCUT2D eigenvalue weighted by molar-refractivity contribution is 4.85. The lowest BCUT2D eigenvalue weighted by Crippen LogP contribution is -2.34. The molecule has 0 aromatic carbocycles. The molecule has 0 aliphatic carbocycles. The molecule has 0 fully saturated rings. The summed E-state index contributed by atoms with van der Waals surface area (Å²) < 4.78 is 0. The first-order valence-corrected chi connectivity index (χ1v) is 5.78. The summed E-state index contributed by atoms with van der Waals surface area (Å²) in [5, 5.41) is 0. The van der Waals surface area contributed by atoms with Crippen molar-refractivity contribution in [2.45, 2.75) is 13.8 Å². The van der Waals surface area contributed by atoms with Crippen molar-refractivity contribution >= 4 is 0 Å². The van der Waals surface area contributed by atoms with E-state index >= 15 is 0 Å². The summed E-state index contributed by atoms with van der Waals surface area (Å²) in [4.78, 5) is 4.69.